The molecule has 7 heteroatoms. The first kappa shape index (κ1) is 18.6. The summed E-state index contributed by atoms with van der Waals surface area (Å²) in [5, 5.41) is 16.9. The van der Waals surface area contributed by atoms with E-state index in [0.717, 1.165) is 5.56 Å². The molecule has 2 rings (SSSR count). The van der Waals surface area contributed by atoms with Crippen molar-refractivity contribution in [2.75, 3.05) is 13.2 Å². The van der Waals surface area contributed by atoms with Crippen molar-refractivity contribution in [1.82, 2.24) is 0 Å². The van der Waals surface area contributed by atoms with Crippen LogP contribution in [0.2, 0.25) is 19.6 Å². The molecule has 1 aliphatic heterocycles. The third-order valence-electron chi connectivity index (χ3n) is 4.74. The third kappa shape index (κ3) is 4.03. The number of sulfonamides is 1. The molecule has 130 valence electrons. The van der Waals surface area contributed by atoms with E-state index in [1.165, 1.54) is 5.19 Å². The lowest BCUT2D eigenvalue weighted by molar-refractivity contribution is -0.00577. The number of rotatable bonds is 5. The Kier molecular flexibility index (Phi) is 5.09. The van der Waals surface area contributed by atoms with E-state index >= 15 is 0 Å². The monoisotopic (exact) mass is 357 g/mol. The number of nitrogens with two attached hydrogens (primary N) is 1. The van der Waals surface area contributed by atoms with Gasteiger partial charge in [0.2, 0.25) is 10.0 Å². The summed E-state index contributed by atoms with van der Waals surface area (Å²) in [4.78, 5) is 0. The van der Waals surface area contributed by atoms with Crippen LogP contribution >= 0.6 is 0 Å². The molecule has 0 saturated carbocycles. The topological polar surface area (TPSA) is 89.6 Å². The summed E-state index contributed by atoms with van der Waals surface area (Å²) in [6, 6.07) is 8.02. The maximum absolute atomic E-state index is 11.5. The molecule has 1 saturated heterocycles. The number of hydrogen-bond donors (Lipinski definition) is 2. The van der Waals surface area contributed by atoms with E-state index in [-0.39, 0.29) is 18.9 Å². The minimum atomic E-state index is -3.61. The van der Waals surface area contributed by atoms with Crippen LogP contribution in [-0.2, 0) is 20.4 Å². The standard InChI is InChI=1S/C16H27NO4SSi/c1-12(22(17,19)20)9-14-10-21-11-16(14,18)13-5-7-15(8-6-13)23(2,3)4/h5-8,12,14,18H,9-11H2,1-4H3,(H2,17,19,20). The van der Waals surface area contributed by atoms with Gasteiger partial charge in [0.05, 0.1) is 26.5 Å². The van der Waals surface area contributed by atoms with Gasteiger partial charge in [-0.25, -0.2) is 13.6 Å². The van der Waals surface area contributed by atoms with Gasteiger partial charge in [-0.3, -0.25) is 0 Å². The Morgan fingerprint density at radius 1 is 1.35 bits per heavy atom. The van der Waals surface area contributed by atoms with Crippen LogP contribution in [0.3, 0.4) is 0 Å². The third-order valence-corrected chi connectivity index (χ3v) is 8.12. The smallest absolute Gasteiger partial charge is 0.211 e. The molecular weight excluding hydrogens is 330 g/mol. The summed E-state index contributed by atoms with van der Waals surface area (Å²) in [6.45, 7) is 8.90. The van der Waals surface area contributed by atoms with E-state index in [4.69, 9.17) is 9.88 Å². The van der Waals surface area contributed by atoms with Crippen molar-refractivity contribution in [3.63, 3.8) is 0 Å². The van der Waals surface area contributed by atoms with E-state index in [2.05, 4.69) is 31.8 Å². The van der Waals surface area contributed by atoms with E-state index in [1.54, 1.807) is 6.92 Å². The van der Waals surface area contributed by atoms with Crippen LogP contribution in [0.5, 0.6) is 0 Å². The Balaban J connectivity index is 2.25. The molecule has 0 radical (unpaired) electrons. The molecule has 0 aliphatic carbocycles. The van der Waals surface area contributed by atoms with Gasteiger partial charge >= 0.3 is 0 Å². The molecule has 1 aromatic rings. The van der Waals surface area contributed by atoms with Gasteiger partial charge in [0.25, 0.3) is 0 Å². The molecular formula is C16H27NO4SSi. The van der Waals surface area contributed by atoms with E-state index in [0.29, 0.717) is 6.61 Å². The van der Waals surface area contributed by atoms with Crippen molar-refractivity contribution in [2.45, 2.75) is 43.8 Å². The molecule has 1 heterocycles. The van der Waals surface area contributed by atoms with Crippen molar-refractivity contribution in [3.05, 3.63) is 29.8 Å². The Hall–Kier alpha value is -0.733. The molecule has 3 unspecified atom stereocenters. The summed E-state index contributed by atoms with van der Waals surface area (Å²) in [7, 11) is -5.01. The first-order chi connectivity index (χ1) is 10.4. The Labute approximate surface area is 139 Å². The molecule has 1 aromatic carbocycles. The van der Waals surface area contributed by atoms with Gasteiger partial charge in [-0.15, -0.1) is 0 Å². The normalized spacial score (nSPS) is 27.1. The highest BCUT2D eigenvalue weighted by Gasteiger charge is 2.45. The summed E-state index contributed by atoms with van der Waals surface area (Å²) in [5.41, 5.74) is -0.375. The lowest BCUT2D eigenvalue weighted by Gasteiger charge is -2.30. The second-order valence-corrected chi connectivity index (χ2v) is 14.7. The number of hydrogen-bond acceptors (Lipinski definition) is 4. The fraction of sp³-hybridized carbons (Fsp3) is 0.625. The van der Waals surface area contributed by atoms with Gasteiger partial charge in [-0.2, -0.15) is 0 Å². The molecule has 3 N–H and O–H groups in total. The average Bonchev–Trinajstić information content (AvgIpc) is 2.79. The molecule has 5 nitrogen and oxygen atoms in total. The van der Waals surface area contributed by atoms with Crippen molar-refractivity contribution in [3.8, 4) is 0 Å². The van der Waals surface area contributed by atoms with Crippen molar-refractivity contribution >= 4 is 23.3 Å². The Morgan fingerprint density at radius 2 is 1.91 bits per heavy atom. The molecule has 0 bridgehead atoms. The summed E-state index contributed by atoms with van der Waals surface area (Å²) in [5.74, 6) is -0.284. The minimum absolute atomic E-state index is 0.182. The number of ether oxygens (including phenoxy) is 1. The Bertz CT molecular complexity index is 654. The van der Waals surface area contributed by atoms with Gasteiger partial charge in [0.1, 0.15) is 5.60 Å². The first-order valence-electron chi connectivity index (χ1n) is 7.87. The SMILES string of the molecule is CC(CC1COCC1(O)c1ccc([Si](C)(C)C)cc1)S(N)(=O)=O. The molecule has 23 heavy (non-hydrogen) atoms. The quantitative estimate of drug-likeness (QED) is 0.773. The van der Waals surface area contributed by atoms with Crippen LogP contribution < -0.4 is 10.3 Å². The van der Waals surface area contributed by atoms with Crippen LogP contribution in [-0.4, -0.2) is 40.1 Å². The largest absolute Gasteiger partial charge is 0.382 e. The van der Waals surface area contributed by atoms with Crippen LogP contribution in [0.15, 0.2) is 24.3 Å². The van der Waals surface area contributed by atoms with Crippen LogP contribution in [0.25, 0.3) is 0 Å². The first-order valence-corrected chi connectivity index (χ1v) is 13.0. The maximum Gasteiger partial charge on any atom is 0.211 e. The number of primary sulfonamides is 1. The Morgan fingerprint density at radius 3 is 2.39 bits per heavy atom. The molecule has 0 aromatic heterocycles. The van der Waals surface area contributed by atoms with E-state index < -0.39 is 28.9 Å². The predicted octanol–water partition coefficient (Wildman–Crippen LogP) is 1.13. The fourth-order valence-corrected chi connectivity index (χ4v) is 4.66. The zero-order valence-corrected chi connectivity index (χ0v) is 16.1. The molecule has 1 fully saturated rings. The predicted molar refractivity (Wildman–Crippen MR) is 94.8 cm³/mol. The zero-order valence-electron chi connectivity index (χ0n) is 14.2. The van der Waals surface area contributed by atoms with Crippen LogP contribution in [0.4, 0.5) is 0 Å². The number of aliphatic hydroxyl groups is 1. The highest BCUT2D eigenvalue weighted by Crippen LogP contribution is 2.38. The van der Waals surface area contributed by atoms with Crippen LogP contribution in [0.1, 0.15) is 18.9 Å². The van der Waals surface area contributed by atoms with Gasteiger partial charge in [-0.05, 0) is 18.9 Å². The van der Waals surface area contributed by atoms with Gasteiger partial charge < -0.3 is 9.84 Å². The highest BCUT2D eigenvalue weighted by atomic mass is 32.2. The molecule has 1 aliphatic rings. The van der Waals surface area contributed by atoms with Crippen molar-refractivity contribution in [2.24, 2.45) is 11.1 Å². The average molecular weight is 358 g/mol. The van der Waals surface area contributed by atoms with Gasteiger partial charge in [-0.1, -0.05) is 49.1 Å². The minimum Gasteiger partial charge on any atom is -0.382 e. The van der Waals surface area contributed by atoms with E-state index in [1.807, 2.05) is 12.1 Å². The summed E-state index contributed by atoms with van der Waals surface area (Å²) >= 11 is 0. The molecule has 0 amide bonds. The summed E-state index contributed by atoms with van der Waals surface area (Å²) < 4.78 is 28.4. The van der Waals surface area contributed by atoms with Crippen molar-refractivity contribution in [1.29, 1.82) is 0 Å². The summed E-state index contributed by atoms with van der Waals surface area (Å²) in [6.07, 6.45) is 0.283. The fourth-order valence-electron chi connectivity index (χ4n) is 2.99. The lowest BCUT2D eigenvalue weighted by atomic mass is 9.81. The zero-order chi connectivity index (χ0) is 17.5. The second-order valence-electron chi connectivity index (χ2n) is 7.60. The number of benzene rings is 1. The van der Waals surface area contributed by atoms with Crippen LogP contribution in [0, 0.1) is 5.92 Å². The van der Waals surface area contributed by atoms with Gasteiger partial charge in [0.15, 0.2) is 0 Å². The van der Waals surface area contributed by atoms with Gasteiger partial charge in [0, 0.05) is 5.92 Å². The van der Waals surface area contributed by atoms with E-state index in [9.17, 15) is 13.5 Å². The van der Waals surface area contributed by atoms with Crippen molar-refractivity contribution < 1.29 is 18.3 Å². The lowest BCUT2D eigenvalue weighted by Crippen LogP contribution is -2.40. The second kappa shape index (κ2) is 6.29. The maximum atomic E-state index is 11.5. The molecule has 0 spiro atoms. The molecule has 3 atom stereocenters. The highest BCUT2D eigenvalue weighted by molar-refractivity contribution is 7.89.